The summed E-state index contributed by atoms with van der Waals surface area (Å²) in [5.74, 6) is -1.91. The number of nitrogens with zero attached hydrogens (tertiary/aromatic N) is 2. The third kappa shape index (κ3) is 4.27. The van der Waals surface area contributed by atoms with Crippen molar-refractivity contribution in [1.82, 2.24) is 9.97 Å². The van der Waals surface area contributed by atoms with E-state index in [1.807, 2.05) is 24.0 Å². The smallest absolute Gasteiger partial charge is 0.258 e. The van der Waals surface area contributed by atoms with Gasteiger partial charge in [-0.05, 0) is 31.9 Å². The molecule has 0 aliphatic carbocycles. The molecule has 2 aliphatic heterocycles. The topological polar surface area (TPSA) is 150 Å². The quantitative estimate of drug-likeness (QED) is 0.571. The van der Waals surface area contributed by atoms with Crippen molar-refractivity contribution in [2.75, 3.05) is 28.6 Å². The summed E-state index contributed by atoms with van der Waals surface area (Å²) in [5, 5.41) is 5.38. The Balaban J connectivity index is 1.58. The first-order valence-electron chi connectivity index (χ1n) is 10.2. The molecule has 31 heavy (non-hydrogen) atoms. The number of hydrogen-bond acceptors (Lipinski definition) is 6. The Morgan fingerprint density at radius 1 is 1.16 bits per heavy atom. The summed E-state index contributed by atoms with van der Waals surface area (Å²) in [6.07, 6.45) is 0.979. The number of hydrogen-bond donors (Lipinski definition) is 4. The maximum Gasteiger partial charge on any atom is 0.258 e. The second kappa shape index (κ2) is 8.21. The van der Waals surface area contributed by atoms with Crippen LogP contribution in [-0.4, -0.2) is 40.8 Å². The molecule has 0 radical (unpaired) electrons. The minimum absolute atomic E-state index is 0.0936. The fourth-order valence-corrected chi connectivity index (χ4v) is 3.98. The van der Waals surface area contributed by atoms with E-state index in [1.165, 1.54) is 0 Å². The van der Waals surface area contributed by atoms with Gasteiger partial charge in [-0.1, -0.05) is 17.7 Å². The van der Waals surface area contributed by atoms with Gasteiger partial charge >= 0.3 is 0 Å². The fraction of sp³-hybridized carbons (Fsp3) is 0.381. The van der Waals surface area contributed by atoms with E-state index in [0.29, 0.717) is 37.6 Å². The van der Waals surface area contributed by atoms with Crippen molar-refractivity contribution in [3.63, 3.8) is 0 Å². The molecule has 0 unspecified atom stereocenters. The summed E-state index contributed by atoms with van der Waals surface area (Å²) in [6.45, 7) is 2.94. The van der Waals surface area contributed by atoms with E-state index in [4.69, 9.17) is 5.73 Å². The highest BCUT2D eigenvalue weighted by Crippen LogP contribution is 2.31. The Morgan fingerprint density at radius 2 is 1.84 bits per heavy atom. The van der Waals surface area contributed by atoms with Gasteiger partial charge in [0, 0.05) is 31.1 Å². The Morgan fingerprint density at radius 3 is 2.48 bits per heavy atom. The van der Waals surface area contributed by atoms with E-state index < -0.39 is 17.4 Å². The molecule has 0 spiro atoms. The van der Waals surface area contributed by atoms with E-state index in [1.54, 1.807) is 12.1 Å². The number of carbonyl (C=O) groups excluding carboxylic acids is 3. The number of piperidine rings is 1. The number of rotatable bonds is 4. The molecule has 10 heteroatoms. The molecule has 2 aliphatic rings. The van der Waals surface area contributed by atoms with Crippen LogP contribution in [0.3, 0.4) is 0 Å². The number of carbonyl (C=O) groups is 3. The van der Waals surface area contributed by atoms with Gasteiger partial charge in [0.05, 0.1) is 11.5 Å². The van der Waals surface area contributed by atoms with Gasteiger partial charge < -0.3 is 21.3 Å². The van der Waals surface area contributed by atoms with Gasteiger partial charge in [-0.2, -0.15) is 4.98 Å². The zero-order chi connectivity index (χ0) is 22.1. The first kappa shape index (κ1) is 20.6. The number of nitrogens with one attached hydrogen (secondary N) is 3. The average molecular weight is 424 g/mol. The number of benzene rings is 1. The highest BCUT2D eigenvalue weighted by Gasteiger charge is 2.35. The van der Waals surface area contributed by atoms with Crippen molar-refractivity contribution in [1.29, 1.82) is 0 Å². The molecule has 10 nitrogen and oxygen atoms in total. The maximum absolute atomic E-state index is 12.9. The predicted octanol–water partition coefficient (Wildman–Crippen LogP) is 0.845. The molecule has 162 valence electrons. The van der Waals surface area contributed by atoms with Gasteiger partial charge in [0.15, 0.2) is 0 Å². The fourth-order valence-electron chi connectivity index (χ4n) is 3.98. The third-order valence-electron chi connectivity index (χ3n) is 5.77. The molecule has 3 heterocycles. The van der Waals surface area contributed by atoms with Crippen molar-refractivity contribution in [3.8, 4) is 0 Å². The van der Waals surface area contributed by atoms with E-state index in [2.05, 4.69) is 20.6 Å². The largest absolute Gasteiger partial charge is 0.369 e. The van der Waals surface area contributed by atoms with Gasteiger partial charge in [-0.15, -0.1) is 0 Å². The number of nitrogens with two attached hydrogens (primary N) is 1. The Bertz CT molecular complexity index is 1090. The lowest BCUT2D eigenvalue weighted by molar-refractivity contribution is -0.123. The summed E-state index contributed by atoms with van der Waals surface area (Å²) in [6, 6.07) is 7.25. The van der Waals surface area contributed by atoms with Crippen LogP contribution in [0.5, 0.6) is 0 Å². The van der Waals surface area contributed by atoms with Gasteiger partial charge in [0.1, 0.15) is 5.82 Å². The molecule has 1 saturated heterocycles. The van der Waals surface area contributed by atoms with Gasteiger partial charge in [-0.3, -0.25) is 24.2 Å². The number of aromatic nitrogens is 2. The SMILES string of the molecule is Cc1ccc(NC(=O)[C@@H]2CC(=O)Nc3nc(N4CCC(C(N)=O)CC4)[nH]c(=O)c32)cc1. The first-order chi connectivity index (χ1) is 14.8. The molecular formula is C21H24N6O4. The normalized spacial score (nSPS) is 18.8. The summed E-state index contributed by atoms with van der Waals surface area (Å²) in [5.41, 5.74) is 6.67. The van der Waals surface area contributed by atoms with Crippen LogP contribution in [0, 0.1) is 12.8 Å². The van der Waals surface area contributed by atoms with Crippen LogP contribution in [0.15, 0.2) is 29.1 Å². The summed E-state index contributed by atoms with van der Waals surface area (Å²) >= 11 is 0. The third-order valence-corrected chi connectivity index (χ3v) is 5.77. The van der Waals surface area contributed by atoms with Crippen LogP contribution >= 0.6 is 0 Å². The van der Waals surface area contributed by atoms with Crippen LogP contribution in [0.1, 0.15) is 36.3 Å². The molecule has 3 amide bonds. The van der Waals surface area contributed by atoms with Crippen LogP contribution in [0.4, 0.5) is 17.5 Å². The van der Waals surface area contributed by atoms with Crippen molar-refractivity contribution >= 4 is 35.2 Å². The van der Waals surface area contributed by atoms with Crippen LogP contribution in [0.25, 0.3) is 0 Å². The average Bonchev–Trinajstić information content (AvgIpc) is 2.74. The molecule has 5 N–H and O–H groups in total. The monoisotopic (exact) mass is 424 g/mol. The standard InChI is InChI=1S/C21H24N6O4/c1-11-2-4-13(5-3-11)23-19(30)14-10-15(28)24-18-16(14)20(31)26-21(25-18)27-8-6-12(7-9-27)17(22)29/h2-5,12,14H,6-10H2,1H3,(H2,22,29)(H,23,30)(H2,24,25,26,28,31)/t14-/m1/s1. The lowest BCUT2D eigenvalue weighted by Crippen LogP contribution is -2.41. The number of anilines is 3. The van der Waals surface area contributed by atoms with Gasteiger partial charge in [0.2, 0.25) is 23.7 Å². The van der Waals surface area contributed by atoms with Crippen LogP contribution in [0.2, 0.25) is 0 Å². The van der Waals surface area contributed by atoms with E-state index in [9.17, 15) is 19.2 Å². The maximum atomic E-state index is 12.9. The highest BCUT2D eigenvalue weighted by molar-refractivity contribution is 6.04. The number of primary amides is 1. The van der Waals surface area contributed by atoms with E-state index in [-0.39, 0.29) is 35.5 Å². The number of amides is 3. The Hall–Kier alpha value is -3.69. The van der Waals surface area contributed by atoms with E-state index in [0.717, 1.165) is 5.56 Å². The van der Waals surface area contributed by atoms with Gasteiger partial charge in [-0.25, -0.2) is 0 Å². The highest BCUT2D eigenvalue weighted by atomic mass is 16.2. The van der Waals surface area contributed by atoms with Crippen molar-refractivity contribution in [2.24, 2.45) is 11.7 Å². The molecule has 2 aromatic rings. The lowest BCUT2D eigenvalue weighted by Gasteiger charge is -2.32. The molecule has 0 bridgehead atoms. The van der Waals surface area contributed by atoms with Crippen molar-refractivity contribution in [2.45, 2.75) is 32.1 Å². The molecule has 1 atom stereocenters. The summed E-state index contributed by atoms with van der Waals surface area (Å²) in [7, 11) is 0. The molecule has 4 rings (SSSR count). The molecule has 1 aromatic heterocycles. The van der Waals surface area contributed by atoms with E-state index >= 15 is 0 Å². The van der Waals surface area contributed by atoms with Gasteiger partial charge in [0.25, 0.3) is 5.56 Å². The molecule has 0 saturated carbocycles. The first-order valence-corrected chi connectivity index (χ1v) is 10.2. The zero-order valence-corrected chi connectivity index (χ0v) is 17.1. The Kier molecular flexibility index (Phi) is 5.45. The summed E-state index contributed by atoms with van der Waals surface area (Å²) in [4.78, 5) is 58.4. The minimum atomic E-state index is -0.948. The number of aryl methyl sites for hydroxylation is 1. The second-order valence-corrected chi connectivity index (χ2v) is 7.98. The number of aromatic amines is 1. The lowest BCUT2D eigenvalue weighted by atomic mass is 9.92. The zero-order valence-electron chi connectivity index (χ0n) is 17.1. The number of fused-ring (bicyclic) bond motifs is 1. The minimum Gasteiger partial charge on any atom is -0.369 e. The molecule has 1 aromatic carbocycles. The van der Waals surface area contributed by atoms with Crippen LogP contribution in [-0.2, 0) is 14.4 Å². The molecular weight excluding hydrogens is 400 g/mol. The van der Waals surface area contributed by atoms with Crippen LogP contribution < -0.4 is 26.8 Å². The van der Waals surface area contributed by atoms with Crippen molar-refractivity contribution in [3.05, 3.63) is 45.7 Å². The number of H-pyrrole nitrogens is 1. The summed E-state index contributed by atoms with van der Waals surface area (Å²) < 4.78 is 0. The predicted molar refractivity (Wildman–Crippen MR) is 115 cm³/mol. The Labute approximate surface area is 178 Å². The van der Waals surface area contributed by atoms with Crippen molar-refractivity contribution < 1.29 is 14.4 Å². The second-order valence-electron chi connectivity index (χ2n) is 7.98. The molecule has 1 fully saturated rings.